The van der Waals surface area contributed by atoms with Gasteiger partial charge in [-0.2, -0.15) is 0 Å². The summed E-state index contributed by atoms with van der Waals surface area (Å²) in [6.07, 6.45) is 2.47. The van der Waals surface area contributed by atoms with E-state index < -0.39 is 0 Å². The fourth-order valence-corrected chi connectivity index (χ4v) is 4.83. The first kappa shape index (κ1) is 23.9. The second kappa shape index (κ2) is 11.8. The number of ether oxygens (including phenoxy) is 2. The maximum absolute atomic E-state index is 13.4. The average molecular weight is 460 g/mol. The van der Waals surface area contributed by atoms with E-state index in [0.29, 0.717) is 37.7 Å². The molecule has 0 bridgehead atoms. The van der Waals surface area contributed by atoms with Crippen molar-refractivity contribution in [1.29, 1.82) is 0 Å². The fraction of sp³-hybridized carbons (Fsp3) is 0.500. The van der Waals surface area contributed by atoms with Crippen molar-refractivity contribution in [3.8, 4) is 11.5 Å². The van der Waals surface area contributed by atoms with Crippen LogP contribution in [-0.4, -0.2) is 61.6 Å². The molecule has 174 valence electrons. The summed E-state index contributed by atoms with van der Waals surface area (Å²) in [4.78, 5) is 30.7. The number of nitrogens with zero attached hydrogens (tertiary/aromatic N) is 2. The lowest BCUT2D eigenvalue weighted by Crippen LogP contribution is -2.50. The number of thiophene rings is 1. The van der Waals surface area contributed by atoms with Gasteiger partial charge in [-0.1, -0.05) is 26.0 Å². The van der Waals surface area contributed by atoms with E-state index in [9.17, 15) is 9.59 Å². The molecule has 32 heavy (non-hydrogen) atoms. The van der Waals surface area contributed by atoms with Gasteiger partial charge in [0.1, 0.15) is 13.2 Å². The lowest BCUT2D eigenvalue weighted by molar-refractivity contribution is -0.135. The van der Waals surface area contributed by atoms with Crippen LogP contribution in [0.15, 0.2) is 35.7 Å². The molecule has 1 aliphatic rings. The molecule has 0 spiro atoms. The molecule has 0 saturated heterocycles. The Hall–Kier alpha value is -2.74. The van der Waals surface area contributed by atoms with Gasteiger partial charge in [0.05, 0.1) is 13.2 Å². The summed E-state index contributed by atoms with van der Waals surface area (Å²) in [6, 6.07) is 9.20. The first-order chi connectivity index (χ1) is 15.6. The van der Waals surface area contributed by atoms with E-state index in [1.165, 1.54) is 4.88 Å². The number of carbonyl (C=O) groups excluding carboxylic acids is 2. The number of hydrogen-bond acceptors (Lipinski definition) is 5. The van der Waals surface area contributed by atoms with Gasteiger partial charge >= 0.3 is 6.03 Å². The number of para-hydroxylation sites is 2. The van der Waals surface area contributed by atoms with Gasteiger partial charge in [-0.05, 0) is 48.4 Å². The summed E-state index contributed by atoms with van der Waals surface area (Å²) >= 11 is 1.72. The maximum atomic E-state index is 13.4. The molecule has 7 nitrogen and oxygen atoms in total. The van der Waals surface area contributed by atoms with E-state index in [0.717, 1.165) is 24.8 Å². The van der Waals surface area contributed by atoms with Crippen LogP contribution < -0.4 is 14.8 Å². The lowest BCUT2D eigenvalue weighted by atomic mass is 10.0. The number of hydrogen-bond donors (Lipinski definition) is 1. The molecule has 1 atom stereocenters. The minimum atomic E-state index is -0.204. The van der Waals surface area contributed by atoms with Gasteiger partial charge in [0, 0.05) is 24.5 Å². The maximum Gasteiger partial charge on any atom is 0.317 e. The Bertz CT molecular complexity index is 901. The standard InChI is InChI=1S/C24H33N3O4S/c1-4-12-25-24(29)26(13-5-2)16-23(28)27-14-10-22-18(11-15-32-22)19(27)17-31-21-9-7-6-8-20(21)30-3/h6-9,11,15,19H,4-5,10,12-14,16-17H2,1-3H3,(H,25,29)/t19-/m0/s1. The number of nitrogens with one attached hydrogen (secondary N) is 1. The summed E-state index contributed by atoms with van der Waals surface area (Å²) in [5.41, 5.74) is 1.13. The van der Waals surface area contributed by atoms with Crippen LogP contribution in [0.2, 0.25) is 0 Å². The number of methoxy groups -OCH3 is 1. The van der Waals surface area contributed by atoms with Crippen molar-refractivity contribution in [3.63, 3.8) is 0 Å². The van der Waals surface area contributed by atoms with Crippen LogP contribution in [0, 0.1) is 0 Å². The summed E-state index contributed by atoms with van der Waals surface area (Å²) in [5.74, 6) is 1.25. The number of amides is 3. The molecule has 3 rings (SSSR count). The monoisotopic (exact) mass is 459 g/mol. The SMILES string of the molecule is CCCNC(=O)N(CCC)CC(=O)N1CCc2sccc2[C@@H]1COc1ccccc1OC. The second-order valence-electron chi connectivity index (χ2n) is 7.77. The summed E-state index contributed by atoms with van der Waals surface area (Å²) in [7, 11) is 1.61. The number of fused-ring (bicyclic) bond motifs is 1. The van der Waals surface area contributed by atoms with E-state index in [1.54, 1.807) is 23.3 Å². The number of rotatable bonds is 10. The quantitative estimate of drug-likeness (QED) is 0.581. The molecule has 1 aromatic heterocycles. The number of benzene rings is 1. The zero-order valence-corrected chi connectivity index (χ0v) is 20.0. The van der Waals surface area contributed by atoms with E-state index in [4.69, 9.17) is 9.47 Å². The van der Waals surface area contributed by atoms with Crippen LogP contribution in [0.25, 0.3) is 0 Å². The van der Waals surface area contributed by atoms with Crippen LogP contribution in [-0.2, 0) is 11.2 Å². The van der Waals surface area contributed by atoms with Crippen molar-refractivity contribution in [1.82, 2.24) is 15.1 Å². The molecule has 1 aliphatic heterocycles. The van der Waals surface area contributed by atoms with Crippen LogP contribution in [0.4, 0.5) is 4.79 Å². The van der Waals surface area contributed by atoms with E-state index in [2.05, 4.69) is 16.8 Å². The van der Waals surface area contributed by atoms with Gasteiger partial charge in [-0.15, -0.1) is 11.3 Å². The van der Waals surface area contributed by atoms with Crippen LogP contribution >= 0.6 is 11.3 Å². The molecule has 0 unspecified atom stereocenters. The molecule has 0 saturated carbocycles. The summed E-state index contributed by atoms with van der Waals surface area (Å²) < 4.78 is 11.5. The third-order valence-corrected chi connectivity index (χ3v) is 6.51. The van der Waals surface area contributed by atoms with Gasteiger partial charge < -0.3 is 24.6 Å². The molecule has 2 heterocycles. The minimum Gasteiger partial charge on any atom is -0.493 e. The van der Waals surface area contributed by atoms with Crippen molar-refractivity contribution in [2.75, 3.05) is 39.9 Å². The number of urea groups is 1. The van der Waals surface area contributed by atoms with E-state index >= 15 is 0 Å². The normalized spacial score (nSPS) is 15.1. The molecule has 3 amide bonds. The third kappa shape index (κ3) is 5.73. The lowest BCUT2D eigenvalue weighted by Gasteiger charge is -2.37. The first-order valence-electron chi connectivity index (χ1n) is 11.2. The fourth-order valence-electron chi connectivity index (χ4n) is 3.90. The molecular weight excluding hydrogens is 426 g/mol. The molecule has 0 radical (unpaired) electrons. The first-order valence-corrected chi connectivity index (χ1v) is 12.1. The van der Waals surface area contributed by atoms with Crippen molar-refractivity contribution >= 4 is 23.3 Å². The van der Waals surface area contributed by atoms with Crippen LogP contribution in [0.5, 0.6) is 11.5 Å². The zero-order chi connectivity index (χ0) is 22.9. The zero-order valence-electron chi connectivity index (χ0n) is 19.1. The highest BCUT2D eigenvalue weighted by molar-refractivity contribution is 7.10. The Kier molecular flexibility index (Phi) is 8.79. The Morgan fingerprint density at radius 1 is 1.19 bits per heavy atom. The van der Waals surface area contributed by atoms with Crippen LogP contribution in [0.1, 0.15) is 43.2 Å². The highest BCUT2D eigenvalue weighted by Crippen LogP contribution is 2.35. The molecule has 1 N–H and O–H groups in total. The highest BCUT2D eigenvalue weighted by Gasteiger charge is 2.33. The van der Waals surface area contributed by atoms with Crippen molar-refractivity contribution < 1.29 is 19.1 Å². The predicted molar refractivity (Wildman–Crippen MR) is 127 cm³/mol. The van der Waals surface area contributed by atoms with Gasteiger partial charge in [-0.25, -0.2) is 4.79 Å². The minimum absolute atomic E-state index is 0.0597. The van der Waals surface area contributed by atoms with Crippen molar-refractivity contribution in [3.05, 3.63) is 46.2 Å². The second-order valence-corrected chi connectivity index (χ2v) is 8.77. The third-order valence-electron chi connectivity index (χ3n) is 5.51. The molecular formula is C24H33N3O4S. The molecule has 8 heteroatoms. The van der Waals surface area contributed by atoms with Gasteiger partial charge in [-0.3, -0.25) is 4.79 Å². The van der Waals surface area contributed by atoms with Gasteiger partial charge in [0.25, 0.3) is 0 Å². The topological polar surface area (TPSA) is 71.1 Å². The van der Waals surface area contributed by atoms with E-state index in [1.807, 2.05) is 43.0 Å². The highest BCUT2D eigenvalue weighted by atomic mass is 32.1. The Morgan fingerprint density at radius 3 is 2.69 bits per heavy atom. The summed E-state index contributed by atoms with van der Waals surface area (Å²) in [5, 5.41) is 4.95. The smallest absolute Gasteiger partial charge is 0.317 e. The van der Waals surface area contributed by atoms with Crippen LogP contribution in [0.3, 0.4) is 0 Å². The molecule has 1 aromatic carbocycles. The van der Waals surface area contributed by atoms with Crippen molar-refractivity contribution in [2.24, 2.45) is 0 Å². The average Bonchev–Trinajstić information content (AvgIpc) is 3.30. The largest absolute Gasteiger partial charge is 0.493 e. The van der Waals surface area contributed by atoms with E-state index in [-0.39, 0.29) is 24.5 Å². The van der Waals surface area contributed by atoms with Crippen molar-refractivity contribution in [2.45, 2.75) is 39.2 Å². The Balaban J connectivity index is 1.75. The summed E-state index contributed by atoms with van der Waals surface area (Å²) in [6.45, 7) is 6.16. The predicted octanol–water partition coefficient (Wildman–Crippen LogP) is 4.09. The van der Waals surface area contributed by atoms with Gasteiger partial charge in [0.2, 0.25) is 5.91 Å². The Morgan fingerprint density at radius 2 is 1.97 bits per heavy atom. The van der Waals surface area contributed by atoms with Gasteiger partial charge in [0.15, 0.2) is 11.5 Å². The molecule has 2 aromatic rings. The molecule has 0 aliphatic carbocycles. The number of carbonyl (C=O) groups is 2. The molecule has 0 fully saturated rings. The Labute approximate surface area is 194 Å².